The lowest BCUT2D eigenvalue weighted by molar-refractivity contribution is 0.0126. The molecule has 0 aromatic rings. The number of ether oxygens (including phenoxy) is 1. The molecule has 1 fully saturated rings. The highest BCUT2D eigenvalue weighted by atomic mass is 16.5. The minimum atomic E-state index is 0.424. The predicted molar refractivity (Wildman–Crippen MR) is 66.0 cm³/mol. The van der Waals surface area contributed by atoms with Crippen LogP contribution in [-0.2, 0) is 4.74 Å². The molecule has 0 unspecified atom stereocenters. The molecule has 88 valence electrons. The van der Waals surface area contributed by atoms with Crippen molar-refractivity contribution in [3.8, 4) is 0 Å². The van der Waals surface area contributed by atoms with Crippen LogP contribution < -0.4 is 0 Å². The molecule has 0 amide bonds. The Kier molecular flexibility index (Phi) is 6.00. The van der Waals surface area contributed by atoms with E-state index in [0.29, 0.717) is 12.2 Å². The smallest absolute Gasteiger partial charge is 0.0578 e. The molecule has 1 heteroatoms. The maximum Gasteiger partial charge on any atom is 0.0578 e. The number of hydrogen-bond donors (Lipinski definition) is 0. The second kappa shape index (κ2) is 7.05. The summed E-state index contributed by atoms with van der Waals surface area (Å²) in [6.07, 6.45) is 13.5. The topological polar surface area (TPSA) is 9.23 Å². The van der Waals surface area contributed by atoms with Gasteiger partial charge in [0.2, 0.25) is 0 Å². The van der Waals surface area contributed by atoms with Gasteiger partial charge in [-0.15, -0.1) is 0 Å². The predicted octanol–water partition coefficient (Wildman–Crippen LogP) is 4.33. The van der Waals surface area contributed by atoms with E-state index < -0.39 is 0 Å². The quantitative estimate of drug-likeness (QED) is 0.616. The van der Waals surface area contributed by atoms with Gasteiger partial charge in [-0.05, 0) is 45.4 Å². The molecule has 1 nitrogen and oxygen atoms in total. The van der Waals surface area contributed by atoms with Crippen molar-refractivity contribution in [3.05, 3.63) is 12.2 Å². The molecule has 0 saturated heterocycles. The lowest BCUT2D eigenvalue weighted by atomic mass is 10.1. The van der Waals surface area contributed by atoms with E-state index in [1.54, 1.807) is 0 Å². The van der Waals surface area contributed by atoms with Crippen molar-refractivity contribution in [2.75, 3.05) is 0 Å². The molecular weight excluding hydrogens is 184 g/mol. The van der Waals surface area contributed by atoms with Gasteiger partial charge in [0.15, 0.2) is 0 Å². The monoisotopic (exact) mass is 210 g/mol. The van der Waals surface area contributed by atoms with Crippen LogP contribution in [0.15, 0.2) is 12.2 Å². The zero-order valence-electron chi connectivity index (χ0n) is 10.5. The fraction of sp³-hybridized carbons (Fsp3) is 0.857. The van der Waals surface area contributed by atoms with Crippen molar-refractivity contribution in [2.24, 2.45) is 5.92 Å². The van der Waals surface area contributed by atoms with E-state index in [9.17, 15) is 0 Å². The third-order valence-electron chi connectivity index (χ3n) is 3.01. The van der Waals surface area contributed by atoms with Gasteiger partial charge in [-0.3, -0.25) is 0 Å². The SMILES string of the molecule is CC(C)OC1CCCC1.CC1CC=CC1. The van der Waals surface area contributed by atoms with Gasteiger partial charge in [0.1, 0.15) is 0 Å². The van der Waals surface area contributed by atoms with E-state index >= 15 is 0 Å². The van der Waals surface area contributed by atoms with Crippen LogP contribution in [0.1, 0.15) is 59.3 Å². The summed E-state index contributed by atoms with van der Waals surface area (Å²) >= 11 is 0. The summed E-state index contributed by atoms with van der Waals surface area (Å²) in [5.74, 6) is 0.935. The van der Waals surface area contributed by atoms with E-state index in [-0.39, 0.29) is 0 Å². The van der Waals surface area contributed by atoms with Crippen LogP contribution in [0.3, 0.4) is 0 Å². The Bertz CT molecular complexity index is 170. The van der Waals surface area contributed by atoms with Crippen molar-refractivity contribution in [3.63, 3.8) is 0 Å². The van der Waals surface area contributed by atoms with Gasteiger partial charge in [-0.2, -0.15) is 0 Å². The van der Waals surface area contributed by atoms with Crippen molar-refractivity contribution >= 4 is 0 Å². The first-order chi connectivity index (χ1) is 7.18. The second-order valence-corrected chi connectivity index (χ2v) is 5.14. The molecular formula is C14H26O. The second-order valence-electron chi connectivity index (χ2n) is 5.14. The molecule has 0 aromatic heterocycles. The molecule has 15 heavy (non-hydrogen) atoms. The van der Waals surface area contributed by atoms with Crippen LogP contribution in [-0.4, -0.2) is 12.2 Å². The molecule has 2 aliphatic carbocycles. The third-order valence-corrected chi connectivity index (χ3v) is 3.01. The van der Waals surface area contributed by atoms with Gasteiger partial charge in [0.25, 0.3) is 0 Å². The maximum absolute atomic E-state index is 5.61. The standard InChI is InChI=1S/C8H16O.C6H10/c1-7(2)9-8-5-3-4-6-8;1-6-4-2-3-5-6/h7-8H,3-6H2,1-2H3;2-3,6H,4-5H2,1H3. The molecule has 1 saturated carbocycles. The van der Waals surface area contributed by atoms with Crippen LogP contribution >= 0.6 is 0 Å². The minimum absolute atomic E-state index is 0.424. The minimum Gasteiger partial charge on any atom is -0.376 e. The highest BCUT2D eigenvalue weighted by Gasteiger charge is 2.15. The van der Waals surface area contributed by atoms with Crippen molar-refractivity contribution < 1.29 is 4.74 Å². The van der Waals surface area contributed by atoms with E-state index in [0.717, 1.165) is 5.92 Å². The first kappa shape index (κ1) is 12.8. The van der Waals surface area contributed by atoms with Gasteiger partial charge < -0.3 is 4.74 Å². The summed E-state index contributed by atoms with van der Waals surface area (Å²) in [7, 11) is 0. The zero-order valence-corrected chi connectivity index (χ0v) is 10.5. The van der Waals surface area contributed by atoms with Crippen LogP contribution in [0, 0.1) is 5.92 Å². The fourth-order valence-electron chi connectivity index (χ4n) is 2.16. The van der Waals surface area contributed by atoms with Crippen LogP contribution in [0.2, 0.25) is 0 Å². The van der Waals surface area contributed by atoms with Crippen molar-refractivity contribution in [2.45, 2.75) is 71.5 Å². The lowest BCUT2D eigenvalue weighted by Crippen LogP contribution is -2.13. The first-order valence-electron chi connectivity index (χ1n) is 6.49. The molecule has 0 radical (unpaired) electrons. The molecule has 0 bridgehead atoms. The van der Waals surface area contributed by atoms with E-state index in [1.807, 2.05) is 0 Å². The Morgan fingerprint density at radius 3 is 1.93 bits per heavy atom. The van der Waals surface area contributed by atoms with E-state index in [4.69, 9.17) is 4.74 Å². The Morgan fingerprint density at radius 1 is 1.07 bits per heavy atom. The molecule has 0 N–H and O–H groups in total. The normalized spacial score (nSPS) is 22.1. The lowest BCUT2D eigenvalue weighted by Gasteiger charge is -2.13. The number of hydrogen-bond acceptors (Lipinski definition) is 1. The molecule has 0 spiro atoms. The summed E-state index contributed by atoms with van der Waals surface area (Å²) in [6, 6.07) is 0. The van der Waals surface area contributed by atoms with Gasteiger partial charge in [0.05, 0.1) is 12.2 Å². The molecule has 0 aliphatic heterocycles. The van der Waals surface area contributed by atoms with Crippen molar-refractivity contribution in [1.82, 2.24) is 0 Å². The Balaban J connectivity index is 0.000000162. The van der Waals surface area contributed by atoms with Gasteiger partial charge in [0, 0.05) is 0 Å². The van der Waals surface area contributed by atoms with Crippen LogP contribution in [0.25, 0.3) is 0 Å². The van der Waals surface area contributed by atoms with E-state index in [1.165, 1.54) is 38.5 Å². The molecule has 0 aromatic carbocycles. The van der Waals surface area contributed by atoms with Crippen molar-refractivity contribution in [1.29, 1.82) is 0 Å². The summed E-state index contributed by atoms with van der Waals surface area (Å²) in [5, 5.41) is 0. The Hall–Kier alpha value is -0.300. The fourth-order valence-corrected chi connectivity index (χ4v) is 2.16. The average Bonchev–Trinajstić information content (AvgIpc) is 2.78. The van der Waals surface area contributed by atoms with Gasteiger partial charge in [-0.1, -0.05) is 31.9 Å². The maximum atomic E-state index is 5.61. The summed E-state index contributed by atoms with van der Waals surface area (Å²) in [6.45, 7) is 6.50. The highest BCUT2D eigenvalue weighted by molar-refractivity contribution is 4.92. The summed E-state index contributed by atoms with van der Waals surface area (Å²) < 4.78 is 5.61. The van der Waals surface area contributed by atoms with Crippen LogP contribution in [0.5, 0.6) is 0 Å². The third kappa shape index (κ3) is 5.99. The number of rotatable bonds is 2. The first-order valence-corrected chi connectivity index (χ1v) is 6.49. The zero-order chi connectivity index (χ0) is 11.1. The molecule has 0 heterocycles. The Labute approximate surface area is 94.9 Å². The van der Waals surface area contributed by atoms with Gasteiger partial charge in [-0.25, -0.2) is 0 Å². The molecule has 2 rings (SSSR count). The molecule has 2 aliphatic rings. The van der Waals surface area contributed by atoms with Gasteiger partial charge >= 0.3 is 0 Å². The molecule has 0 atom stereocenters. The average molecular weight is 210 g/mol. The van der Waals surface area contributed by atoms with Crippen LogP contribution in [0.4, 0.5) is 0 Å². The Morgan fingerprint density at radius 2 is 1.60 bits per heavy atom. The highest BCUT2D eigenvalue weighted by Crippen LogP contribution is 2.21. The van der Waals surface area contributed by atoms with E-state index in [2.05, 4.69) is 32.9 Å². The largest absolute Gasteiger partial charge is 0.376 e. The summed E-state index contributed by atoms with van der Waals surface area (Å²) in [5.41, 5.74) is 0. The summed E-state index contributed by atoms with van der Waals surface area (Å²) in [4.78, 5) is 0. The number of allylic oxidation sites excluding steroid dienone is 2.